The zero-order valence-corrected chi connectivity index (χ0v) is 13.5. The molecular weight excluding hydrogens is 274 g/mol. The summed E-state index contributed by atoms with van der Waals surface area (Å²) in [5.74, 6) is 0.827. The molecule has 2 aromatic carbocycles. The van der Waals surface area contributed by atoms with Gasteiger partial charge in [0.15, 0.2) is 0 Å². The lowest BCUT2D eigenvalue weighted by atomic mass is 10.1. The molecule has 1 N–H and O–H groups in total. The molecule has 0 spiro atoms. The highest BCUT2D eigenvalue weighted by Gasteiger charge is 2.07. The van der Waals surface area contributed by atoms with Gasteiger partial charge < -0.3 is 10.1 Å². The number of hydrogen-bond donors (Lipinski definition) is 1. The summed E-state index contributed by atoms with van der Waals surface area (Å²) in [6.07, 6.45) is 1.24. The van der Waals surface area contributed by atoms with Crippen molar-refractivity contribution >= 4 is 11.6 Å². The summed E-state index contributed by atoms with van der Waals surface area (Å²) in [6.45, 7) is 6.49. The SMILES string of the molecule is CCc1ccccc1NC(=O)CCOc1cc(C)ccc1C. The molecule has 0 unspecified atom stereocenters. The van der Waals surface area contributed by atoms with Gasteiger partial charge in [0.05, 0.1) is 13.0 Å². The van der Waals surface area contributed by atoms with E-state index in [1.165, 1.54) is 0 Å². The molecule has 0 bridgehead atoms. The van der Waals surface area contributed by atoms with E-state index in [-0.39, 0.29) is 5.91 Å². The van der Waals surface area contributed by atoms with Crippen molar-refractivity contribution in [2.75, 3.05) is 11.9 Å². The van der Waals surface area contributed by atoms with E-state index in [9.17, 15) is 4.79 Å². The number of carbonyl (C=O) groups is 1. The van der Waals surface area contributed by atoms with Crippen LogP contribution in [0.3, 0.4) is 0 Å². The second-order valence-corrected chi connectivity index (χ2v) is 5.43. The Morgan fingerprint density at radius 3 is 2.68 bits per heavy atom. The molecule has 0 radical (unpaired) electrons. The van der Waals surface area contributed by atoms with Crippen LogP contribution in [0.5, 0.6) is 5.75 Å². The van der Waals surface area contributed by atoms with Gasteiger partial charge in [0.2, 0.25) is 5.91 Å². The van der Waals surface area contributed by atoms with E-state index >= 15 is 0 Å². The summed E-state index contributed by atoms with van der Waals surface area (Å²) >= 11 is 0. The van der Waals surface area contributed by atoms with Crippen LogP contribution in [0.25, 0.3) is 0 Å². The highest BCUT2D eigenvalue weighted by molar-refractivity contribution is 5.91. The van der Waals surface area contributed by atoms with Crippen LogP contribution >= 0.6 is 0 Å². The van der Waals surface area contributed by atoms with Crippen molar-refractivity contribution in [1.29, 1.82) is 0 Å². The number of ether oxygens (including phenoxy) is 1. The van der Waals surface area contributed by atoms with Gasteiger partial charge in [-0.05, 0) is 49.1 Å². The number of carbonyl (C=O) groups excluding carboxylic acids is 1. The molecule has 1 amide bonds. The average Bonchev–Trinajstić information content (AvgIpc) is 2.51. The van der Waals surface area contributed by atoms with Crippen molar-refractivity contribution in [2.24, 2.45) is 0 Å². The minimum atomic E-state index is -0.0220. The van der Waals surface area contributed by atoms with Crippen LogP contribution in [-0.2, 0) is 11.2 Å². The maximum atomic E-state index is 12.0. The van der Waals surface area contributed by atoms with Crippen molar-refractivity contribution in [3.8, 4) is 5.75 Å². The summed E-state index contributed by atoms with van der Waals surface area (Å²) in [5.41, 5.74) is 4.28. The maximum absolute atomic E-state index is 12.0. The van der Waals surface area contributed by atoms with Gasteiger partial charge in [0.25, 0.3) is 0 Å². The first-order chi connectivity index (χ1) is 10.6. The Morgan fingerprint density at radius 1 is 1.14 bits per heavy atom. The number of aryl methyl sites for hydroxylation is 3. The predicted molar refractivity (Wildman–Crippen MR) is 90.5 cm³/mol. The second kappa shape index (κ2) is 7.64. The predicted octanol–water partition coefficient (Wildman–Crippen LogP) is 4.27. The van der Waals surface area contributed by atoms with Gasteiger partial charge in [0.1, 0.15) is 5.75 Å². The van der Waals surface area contributed by atoms with Gasteiger partial charge in [0, 0.05) is 5.69 Å². The smallest absolute Gasteiger partial charge is 0.227 e. The van der Waals surface area contributed by atoms with Crippen LogP contribution in [0.1, 0.15) is 30.0 Å². The van der Waals surface area contributed by atoms with Gasteiger partial charge in [-0.3, -0.25) is 4.79 Å². The van der Waals surface area contributed by atoms with E-state index in [1.54, 1.807) is 0 Å². The summed E-state index contributed by atoms with van der Waals surface area (Å²) in [7, 11) is 0. The lowest BCUT2D eigenvalue weighted by molar-refractivity contribution is -0.116. The highest BCUT2D eigenvalue weighted by atomic mass is 16.5. The van der Waals surface area contributed by atoms with E-state index < -0.39 is 0 Å². The van der Waals surface area contributed by atoms with Crippen molar-refractivity contribution in [3.63, 3.8) is 0 Å². The first-order valence-corrected chi connectivity index (χ1v) is 7.68. The third-order valence-corrected chi connectivity index (χ3v) is 3.60. The Morgan fingerprint density at radius 2 is 1.91 bits per heavy atom. The average molecular weight is 297 g/mol. The maximum Gasteiger partial charge on any atom is 0.227 e. The summed E-state index contributed by atoms with van der Waals surface area (Å²) in [5, 5.41) is 2.95. The van der Waals surface area contributed by atoms with Crippen LogP contribution in [0.4, 0.5) is 5.69 Å². The molecule has 2 aromatic rings. The first-order valence-electron chi connectivity index (χ1n) is 7.68. The molecule has 3 nitrogen and oxygen atoms in total. The third kappa shape index (κ3) is 4.35. The standard InChI is InChI=1S/C19H23NO2/c1-4-16-7-5-6-8-17(16)20-19(21)11-12-22-18-13-14(2)9-10-15(18)3/h5-10,13H,4,11-12H2,1-3H3,(H,20,21). The molecule has 116 valence electrons. The van der Waals surface area contributed by atoms with Crippen molar-refractivity contribution in [2.45, 2.75) is 33.6 Å². The van der Waals surface area contributed by atoms with Crippen molar-refractivity contribution in [3.05, 3.63) is 59.2 Å². The quantitative estimate of drug-likeness (QED) is 0.864. The monoisotopic (exact) mass is 297 g/mol. The number of anilines is 1. The molecule has 0 heterocycles. The molecule has 0 fully saturated rings. The first kappa shape index (κ1) is 16.1. The molecular formula is C19H23NO2. The summed E-state index contributed by atoms with van der Waals surface area (Å²) < 4.78 is 5.72. The van der Waals surface area contributed by atoms with E-state index in [2.05, 4.69) is 18.3 Å². The fourth-order valence-electron chi connectivity index (χ4n) is 2.28. The Labute approximate surface area is 132 Å². The minimum Gasteiger partial charge on any atom is -0.493 e. The topological polar surface area (TPSA) is 38.3 Å². The number of benzene rings is 2. The van der Waals surface area contributed by atoms with E-state index in [4.69, 9.17) is 4.74 Å². The lowest BCUT2D eigenvalue weighted by Crippen LogP contribution is -2.16. The van der Waals surface area contributed by atoms with Crippen LogP contribution in [-0.4, -0.2) is 12.5 Å². The van der Waals surface area contributed by atoms with Crippen LogP contribution in [0, 0.1) is 13.8 Å². The fourth-order valence-corrected chi connectivity index (χ4v) is 2.28. The third-order valence-electron chi connectivity index (χ3n) is 3.60. The Hall–Kier alpha value is -2.29. The molecule has 0 aliphatic heterocycles. The van der Waals surface area contributed by atoms with Crippen LogP contribution in [0.2, 0.25) is 0 Å². The molecule has 0 atom stereocenters. The molecule has 22 heavy (non-hydrogen) atoms. The number of hydrogen-bond acceptors (Lipinski definition) is 2. The van der Waals surface area contributed by atoms with E-state index in [0.29, 0.717) is 13.0 Å². The van der Waals surface area contributed by atoms with E-state index in [1.807, 2.05) is 50.2 Å². The van der Waals surface area contributed by atoms with Crippen molar-refractivity contribution in [1.82, 2.24) is 0 Å². The molecule has 0 aliphatic rings. The Kier molecular flexibility index (Phi) is 5.59. The Balaban J connectivity index is 1.87. The molecule has 3 heteroatoms. The highest BCUT2D eigenvalue weighted by Crippen LogP contribution is 2.19. The van der Waals surface area contributed by atoms with Crippen LogP contribution < -0.4 is 10.1 Å². The largest absolute Gasteiger partial charge is 0.493 e. The van der Waals surface area contributed by atoms with Gasteiger partial charge in [-0.15, -0.1) is 0 Å². The zero-order valence-electron chi connectivity index (χ0n) is 13.5. The molecule has 0 saturated heterocycles. The Bertz CT molecular complexity index is 650. The zero-order chi connectivity index (χ0) is 15.9. The molecule has 0 aromatic heterocycles. The van der Waals surface area contributed by atoms with Gasteiger partial charge in [-0.25, -0.2) is 0 Å². The second-order valence-electron chi connectivity index (χ2n) is 5.43. The number of rotatable bonds is 6. The molecule has 0 aliphatic carbocycles. The van der Waals surface area contributed by atoms with Gasteiger partial charge in [-0.2, -0.15) is 0 Å². The fraction of sp³-hybridized carbons (Fsp3) is 0.316. The normalized spacial score (nSPS) is 10.3. The number of nitrogens with one attached hydrogen (secondary N) is 1. The molecule has 2 rings (SSSR count). The van der Waals surface area contributed by atoms with Crippen LogP contribution in [0.15, 0.2) is 42.5 Å². The summed E-state index contributed by atoms with van der Waals surface area (Å²) in [6, 6.07) is 14.0. The van der Waals surface area contributed by atoms with Crippen molar-refractivity contribution < 1.29 is 9.53 Å². The lowest BCUT2D eigenvalue weighted by Gasteiger charge is -2.11. The van der Waals surface area contributed by atoms with Gasteiger partial charge >= 0.3 is 0 Å². The number of para-hydroxylation sites is 1. The number of amides is 1. The summed E-state index contributed by atoms with van der Waals surface area (Å²) in [4.78, 5) is 12.0. The van der Waals surface area contributed by atoms with E-state index in [0.717, 1.165) is 34.5 Å². The van der Waals surface area contributed by atoms with Gasteiger partial charge in [-0.1, -0.05) is 37.3 Å². The minimum absolute atomic E-state index is 0.0220. The molecule has 0 saturated carbocycles.